The van der Waals surface area contributed by atoms with E-state index in [4.69, 9.17) is 0 Å². The normalized spacial score (nSPS) is 21.2. The molecule has 5 heteroatoms. The van der Waals surface area contributed by atoms with Crippen molar-refractivity contribution in [3.05, 3.63) is 16.6 Å². The predicted octanol–water partition coefficient (Wildman–Crippen LogP) is 1.99. The lowest BCUT2D eigenvalue weighted by atomic mass is 10.1. The lowest BCUT2D eigenvalue weighted by Gasteiger charge is -2.31. The van der Waals surface area contributed by atoms with Crippen LogP contribution in [0.5, 0.6) is 0 Å². The van der Waals surface area contributed by atoms with Crippen molar-refractivity contribution in [2.75, 3.05) is 19.6 Å². The van der Waals surface area contributed by atoms with E-state index in [9.17, 15) is 4.79 Å². The van der Waals surface area contributed by atoms with E-state index in [0.717, 1.165) is 26.1 Å². The fourth-order valence-electron chi connectivity index (χ4n) is 2.26. The molecule has 0 aliphatic carbocycles. The highest BCUT2D eigenvalue weighted by molar-refractivity contribution is 7.11. The van der Waals surface area contributed by atoms with Crippen LogP contribution in [0.25, 0.3) is 0 Å². The van der Waals surface area contributed by atoms with Gasteiger partial charge in [0.1, 0.15) is 0 Å². The second kappa shape index (κ2) is 5.36. The number of carbonyl (C=O) groups is 1. The van der Waals surface area contributed by atoms with Gasteiger partial charge in [-0.3, -0.25) is 9.69 Å². The highest BCUT2D eigenvalue weighted by Gasteiger charge is 2.30. The maximum atomic E-state index is 11.8. The third kappa shape index (κ3) is 3.29. The van der Waals surface area contributed by atoms with Crippen molar-refractivity contribution < 1.29 is 4.79 Å². The van der Waals surface area contributed by atoms with Crippen LogP contribution in [0.1, 0.15) is 37.0 Å². The zero-order chi connectivity index (χ0) is 13.2. The summed E-state index contributed by atoms with van der Waals surface area (Å²) in [4.78, 5) is 18.3. The molecule has 0 bridgehead atoms. The molecule has 1 aliphatic rings. The molecular weight excluding hydrogens is 246 g/mol. The fourth-order valence-corrected chi connectivity index (χ4v) is 2.81. The van der Waals surface area contributed by atoms with E-state index in [1.807, 2.05) is 5.38 Å². The maximum Gasteiger partial charge on any atom is 0.280 e. The Balaban J connectivity index is 1.77. The first-order valence-electron chi connectivity index (χ1n) is 6.39. The van der Waals surface area contributed by atoms with Gasteiger partial charge in [0.25, 0.3) is 5.91 Å². The van der Waals surface area contributed by atoms with Crippen LogP contribution in [0.15, 0.2) is 11.6 Å². The van der Waals surface area contributed by atoms with Gasteiger partial charge in [0.05, 0.1) is 0 Å². The van der Waals surface area contributed by atoms with Crippen LogP contribution in [0.4, 0.5) is 0 Å². The molecule has 1 atom stereocenters. The summed E-state index contributed by atoms with van der Waals surface area (Å²) in [5.74, 6) is 0.521. The van der Waals surface area contributed by atoms with Crippen molar-refractivity contribution in [3.63, 3.8) is 0 Å². The molecule has 1 amide bonds. The van der Waals surface area contributed by atoms with Gasteiger partial charge in [-0.15, -0.1) is 11.3 Å². The van der Waals surface area contributed by atoms with Crippen molar-refractivity contribution in [3.8, 4) is 0 Å². The number of amides is 1. The lowest BCUT2D eigenvalue weighted by molar-refractivity contribution is 0.0945. The van der Waals surface area contributed by atoms with Gasteiger partial charge in [0, 0.05) is 30.2 Å². The lowest BCUT2D eigenvalue weighted by Crippen LogP contribution is -2.40. The van der Waals surface area contributed by atoms with E-state index in [1.54, 1.807) is 6.20 Å². The number of hydrogen-bond acceptors (Lipinski definition) is 4. The largest absolute Gasteiger partial charge is 0.350 e. The molecular formula is C13H21N3OS. The average molecular weight is 267 g/mol. The quantitative estimate of drug-likeness (QED) is 0.911. The van der Waals surface area contributed by atoms with Gasteiger partial charge in [-0.05, 0) is 39.7 Å². The van der Waals surface area contributed by atoms with Gasteiger partial charge in [0.15, 0.2) is 5.01 Å². The first kappa shape index (κ1) is 13.5. The van der Waals surface area contributed by atoms with Gasteiger partial charge in [-0.25, -0.2) is 4.98 Å². The Kier molecular flexibility index (Phi) is 4.02. The monoisotopic (exact) mass is 267 g/mol. The Morgan fingerprint density at radius 3 is 2.94 bits per heavy atom. The number of likely N-dealkylation sites (tertiary alicyclic amines) is 1. The summed E-state index contributed by atoms with van der Waals surface area (Å²) in [5.41, 5.74) is 0.230. The number of carbonyl (C=O) groups excluding carboxylic acids is 1. The number of rotatable bonds is 3. The number of hydrogen-bond donors (Lipinski definition) is 1. The van der Waals surface area contributed by atoms with E-state index < -0.39 is 0 Å². The Bertz CT molecular complexity index is 397. The molecule has 4 nitrogen and oxygen atoms in total. The summed E-state index contributed by atoms with van der Waals surface area (Å²) in [7, 11) is 0. The third-order valence-electron chi connectivity index (χ3n) is 3.41. The van der Waals surface area contributed by atoms with Crippen LogP contribution >= 0.6 is 11.3 Å². The molecule has 2 rings (SSSR count). The highest BCUT2D eigenvalue weighted by atomic mass is 32.1. The van der Waals surface area contributed by atoms with Gasteiger partial charge < -0.3 is 5.32 Å². The minimum absolute atomic E-state index is 0.0424. The smallest absolute Gasteiger partial charge is 0.280 e. The molecule has 1 saturated heterocycles. The van der Waals surface area contributed by atoms with E-state index in [-0.39, 0.29) is 11.4 Å². The molecule has 1 fully saturated rings. The maximum absolute atomic E-state index is 11.8. The highest BCUT2D eigenvalue weighted by Crippen LogP contribution is 2.23. The number of thiazole rings is 1. The summed E-state index contributed by atoms with van der Waals surface area (Å²) in [6, 6.07) is 0. The zero-order valence-corrected chi connectivity index (χ0v) is 12.1. The van der Waals surface area contributed by atoms with Crippen LogP contribution in [0.3, 0.4) is 0 Å². The van der Waals surface area contributed by atoms with Crippen molar-refractivity contribution in [2.24, 2.45) is 5.92 Å². The molecule has 1 aromatic rings. The second-order valence-corrected chi connectivity index (χ2v) is 6.71. The van der Waals surface area contributed by atoms with Crippen LogP contribution in [-0.2, 0) is 0 Å². The van der Waals surface area contributed by atoms with Crippen molar-refractivity contribution in [1.82, 2.24) is 15.2 Å². The second-order valence-electron chi connectivity index (χ2n) is 5.82. The van der Waals surface area contributed by atoms with Crippen LogP contribution in [0.2, 0.25) is 0 Å². The number of nitrogens with one attached hydrogen (secondary N) is 1. The Morgan fingerprint density at radius 2 is 2.39 bits per heavy atom. The van der Waals surface area contributed by atoms with Crippen molar-refractivity contribution in [2.45, 2.75) is 32.7 Å². The summed E-state index contributed by atoms with van der Waals surface area (Å²) in [6.07, 6.45) is 2.83. The van der Waals surface area contributed by atoms with Crippen molar-refractivity contribution in [1.29, 1.82) is 0 Å². The van der Waals surface area contributed by atoms with Gasteiger partial charge in [-0.1, -0.05) is 0 Å². The standard InChI is InChI=1S/C13H21N3OS/c1-13(2,3)16-6-4-10(9-16)8-15-11(17)12-14-5-7-18-12/h5,7,10H,4,6,8-9H2,1-3H3,(H,15,17). The predicted molar refractivity (Wildman–Crippen MR) is 73.9 cm³/mol. The first-order valence-corrected chi connectivity index (χ1v) is 7.27. The van der Waals surface area contributed by atoms with Crippen LogP contribution < -0.4 is 5.32 Å². The molecule has 18 heavy (non-hydrogen) atoms. The minimum atomic E-state index is -0.0424. The van der Waals surface area contributed by atoms with E-state index in [2.05, 4.69) is 36.0 Å². The van der Waals surface area contributed by atoms with E-state index in [0.29, 0.717) is 10.9 Å². The van der Waals surface area contributed by atoms with Crippen LogP contribution in [-0.4, -0.2) is 41.0 Å². The Labute approximate surface area is 112 Å². The molecule has 1 unspecified atom stereocenters. The van der Waals surface area contributed by atoms with E-state index in [1.165, 1.54) is 11.3 Å². The Morgan fingerprint density at radius 1 is 1.61 bits per heavy atom. The number of nitrogens with zero attached hydrogens (tertiary/aromatic N) is 2. The summed E-state index contributed by atoms with van der Waals surface area (Å²) >= 11 is 1.38. The van der Waals surface area contributed by atoms with Crippen LogP contribution in [0, 0.1) is 5.92 Å². The topological polar surface area (TPSA) is 45.2 Å². The fraction of sp³-hybridized carbons (Fsp3) is 0.692. The van der Waals surface area contributed by atoms with E-state index >= 15 is 0 Å². The zero-order valence-electron chi connectivity index (χ0n) is 11.3. The van der Waals surface area contributed by atoms with Gasteiger partial charge >= 0.3 is 0 Å². The van der Waals surface area contributed by atoms with Gasteiger partial charge in [0.2, 0.25) is 0 Å². The molecule has 1 N–H and O–H groups in total. The minimum Gasteiger partial charge on any atom is -0.350 e. The summed E-state index contributed by atoms with van der Waals surface area (Å²) in [6.45, 7) is 9.67. The Hall–Kier alpha value is -0.940. The molecule has 100 valence electrons. The molecule has 0 saturated carbocycles. The SMILES string of the molecule is CC(C)(C)N1CCC(CNC(=O)c2nccs2)C1. The number of aromatic nitrogens is 1. The molecule has 0 spiro atoms. The molecule has 1 aromatic heterocycles. The summed E-state index contributed by atoms with van der Waals surface area (Å²) in [5, 5.41) is 5.36. The molecule has 2 heterocycles. The summed E-state index contributed by atoms with van der Waals surface area (Å²) < 4.78 is 0. The average Bonchev–Trinajstić information content (AvgIpc) is 2.96. The third-order valence-corrected chi connectivity index (χ3v) is 4.18. The van der Waals surface area contributed by atoms with Crippen molar-refractivity contribution >= 4 is 17.2 Å². The molecule has 0 aromatic carbocycles. The molecule has 1 aliphatic heterocycles. The first-order chi connectivity index (χ1) is 8.47. The van der Waals surface area contributed by atoms with Gasteiger partial charge in [-0.2, -0.15) is 0 Å². The molecule has 0 radical (unpaired) electrons.